The van der Waals surface area contributed by atoms with Crippen molar-refractivity contribution in [2.24, 2.45) is 0 Å². The van der Waals surface area contributed by atoms with Gasteiger partial charge in [0.05, 0.1) is 14.2 Å². The molecule has 0 aliphatic carbocycles. The van der Waals surface area contributed by atoms with Gasteiger partial charge in [0.25, 0.3) is 0 Å². The maximum Gasteiger partial charge on any atom is 0.161 e. The molecule has 0 radical (unpaired) electrons. The van der Waals surface area contributed by atoms with Gasteiger partial charge in [-0.05, 0) is 37.3 Å². The van der Waals surface area contributed by atoms with Gasteiger partial charge in [-0.15, -0.1) is 0 Å². The standard InChI is InChI=1S/C17H18O4/c1-12(18)13-8-9-15(19-2)14(10-13)11-21-17-7-5-4-6-16(17)20-3/h4-10H,11H2,1-3H3. The van der Waals surface area contributed by atoms with Crippen molar-refractivity contribution in [1.82, 2.24) is 0 Å². The van der Waals surface area contributed by atoms with Crippen molar-refractivity contribution >= 4 is 5.78 Å². The number of rotatable bonds is 6. The summed E-state index contributed by atoms with van der Waals surface area (Å²) >= 11 is 0. The van der Waals surface area contributed by atoms with Gasteiger partial charge in [0.2, 0.25) is 0 Å². The number of methoxy groups -OCH3 is 2. The van der Waals surface area contributed by atoms with E-state index in [1.54, 1.807) is 32.4 Å². The summed E-state index contributed by atoms with van der Waals surface area (Å²) in [5, 5.41) is 0. The van der Waals surface area contributed by atoms with Crippen LogP contribution in [0.3, 0.4) is 0 Å². The van der Waals surface area contributed by atoms with Gasteiger partial charge in [-0.3, -0.25) is 4.79 Å². The second kappa shape index (κ2) is 6.79. The molecule has 0 aromatic heterocycles. The van der Waals surface area contributed by atoms with E-state index in [0.717, 1.165) is 5.56 Å². The lowest BCUT2D eigenvalue weighted by Gasteiger charge is -2.13. The number of Topliss-reactive ketones (excluding diaryl/α,β-unsaturated/α-hetero) is 1. The molecule has 0 bridgehead atoms. The van der Waals surface area contributed by atoms with Crippen molar-refractivity contribution in [3.63, 3.8) is 0 Å². The van der Waals surface area contributed by atoms with Crippen LogP contribution in [0.1, 0.15) is 22.8 Å². The monoisotopic (exact) mass is 286 g/mol. The Morgan fingerprint density at radius 1 is 0.952 bits per heavy atom. The Morgan fingerprint density at radius 3 is 2.24 bits per heavy atom. The molecule has 0 atom stereocenters. The molecule has 2 aromatic carbocycles. The first-order valence-corrected chi connectivity index (χ1v) is 6.59. The molecular weight excluding hydrogens is 268 g/mol. The summed E-state index contributed by atoms with van der Waals surface area (Å²) in [7, 11) is 3.19. The predicted octanol–water partition coefficient (Wildman–Crippen LogP) is 3.49. The van der Waals surface area contributed by atoms with Gasteiger partial charge in [-0.1, -0.05) is 12.1 Å². The average Bonchev–Trinajstić information content (AvgIpc) is 2.52. The molecule has 2 rings (SSSR count). The maximum absolute atomic E-state index is 11.5. The molecule has 0 aliphatic heterocycles. The summed E-state index contributed by atoms with van der Waals surface area (Å²) in [5.74, 6) is 2.01. The topological polar surface area (TPSA) is 44.8 Å². The smallest absolute Gasteiger partial charge is 0.161 e. The van der Waals surface area contributed by atoms with Crippen LogP contribution in [0.25, 0.3) is 0 Å². The van der Waals surface area contributed by atoms with Gasteiger partial charge in [-0.25, -0.2) is 0 Å². The molecule has 110 valence electrons. The van der Waals surface area contributed by atoms with Crippen LogP contribution in [0.4, 0.5) is 0 Å². The Bertz CT molecular complexity index is 634. The molecule has 0 aliphatic rings. The summed E-state index contributed by atoms with van der Waals surface area (Å²) in [5.41, 5.74) is 1.45. The van der Waals surface area contributed by atoms with Crippen molar-refractivity contribution < 1.29 is 19.0 Å². The zero-order valence-corrected chi connectivity index (χ0v) is 12.4. The fraction of sp³-hybridized carbons (Fsp3) is 0.235. The molecule has 0 heterocycles. The van der Waals surface area contributed by atoms with Crippen molar-refractivity contribution in [2.75, 3.05) is 14.2 Å². The van der Waals surface area contributed by atoms with Crippen LogP contribution in [0.15, 0.2) is 42.5 Å². The van der Waals surface area contributed by atoms with E-state index in [-0.39, 0.29) is 5.78 Å². The summed E-state index contributed by atoms with van der Waals surface area (Å²) in [6, 6.07) is 12.7. The minimum atomic E-state index is 0.0104. The van der Waals surface area contributed by atoms with Gasteiger partial charge >= 0.3 is 0 Å². The number of benzene rings is 2. The molecule has 21 heavy (non-hydrogen) atoms. The molecule has 4 heteroatoms. The predicted molar refractivity (Wildman–Crippen MR) is 80.3 cm³/mol. The van der Waals surface area contributed by atoms with E-state index in [1.165, 1.54) is 6.92 Å². The summed E-state index contributed by atoms with van der Waals surface area (Å²) in [4.78, 5) is 11.5. The molecule has 0 fully saturated rings. The van der Waals surface area contributed by atoms with E-state index in [2.05, 4.69) is 0 Å². The molecule has 0 N–H and O–H groups in total. The van der Waals surface area contributed by atoms with E-state index >= 15 is 0 Å². The third-order valence-corrected chi connectivity index (χ3v) is 3.14. The lowest BCUT2D eigenvalue weighted by Crippen LogP contribution is -2.02. The highest BCUT2D eigenvalue weighted by molar-refractivity contribution is 5.94. The average molecular weight is 286 g/mol. The molecule has 0 unspecified atom stereocenters. The van der Waals surface area contributed by atoms with Crippen molar-refractivity contribution in [3.8, 4) is 17.2 Å². The number of carbonyl (C=O) groups excluding carboxylic acids is 1. The number of carbonyl (C=O) groups is 1. The Labute approximate surface area is 124 Å². The van der Waals surface area contributed by atoms with Crippen LogP contribution in [-0.2, 0) is 6.61 Å². The van der Waals surface area contributed by atoms with E-state index < -0.39 is 0 Å². The second-order valence-corrected chi connectivity index (χ2v) is 4.52. The Morgan fingerprint density at radius 2 is 1.62 bits per heavy atom. The van der Waals surface area contributed by atoms with Crippen molar-refractivity contribution in [3.05, 3.63) is 53.6 Å². The van der Waals surface area contributed by atoms with Crippen molar-refractivity contribution in [1.29, 1.82) is 0 Å². The molecule has 0 amide bonds. The Hall–Kier alpha value is -2.49. The molecule has 2 aromatic rings. The zero-order valence-electron chi connectivity index (χ0n) is 12.4. The highest BCUT2D eigenvalue weighted by atomic mass is 16.5. The first kappa shape index (κ1) is 14.9. The van der Waals surface area contributed by atoms with Gasteiger partial charge in [0, 0.05) is 11.1 Å². The van der Waals surface area contributed by atoms with Gasteiger partial charge < -0.3 is 14.2 Å². The molecule has 0 saturated carbocycles. The summed E-state index contributed by atoms with van der Waals surface area (Å²) in [6.07, 6.45) is 0. The fourth-order valence-corrected chi connectivity index (χ4v) is 2.00. The van der Waals surface area contributed by atoms with E-state index in [9.17, 15) is 4.79 Å². The van der Waals surface area contributed by atoms with E-state index in [1.807, 2.05) is 24.3 Å². The number of hydrogen-bond acceptors (Lipinski definition) is 4. The highest BCUT2D eigenvalue weighted by Crippen LogP contribution is 2.28. The molecular formula is C17H18O4. The lowest BCUT2D eigenvalue weighted by molar-refractivity contribution is 0.101. The quantitative estimate of drug-likeness (QED) is 0.763. The third-order valence-electron chi connectivity index (χ3n) is 3.14. The summed E-state index contributed by atoms with van der Waals surface area (Å²) < 4.78 is 16.3. The fourth-order valence-electron chi connectivity index (χ4n) is 2.00. The maximum atomic E-state index is 11.5. The van der Waals surface area contributed by atoms with E-state index in [4.69, 9.17) is 14.2 Å². The number of para-hydroxylation sites is 2. The minimum Gasteiger partial charge on any atom is -0.496 e. The van der Waals surface area contributed by atoms with Crippen LogP contribution >= 0.6 is 0 Å². The van der Waals surface area contributed by atoms with Crippen LogP contribution in [0.2, 0.25) is 0 Å². The normalized spacial score (nSPS) is 10.0. The van der Waals surface area contributed by atoms with Crippen LogP contribution < -0.4 is 14.2 Å². The molecule has 0 spiro atoms. The third kappa shape index (κ3) is 3.54. The van der Waals surface area contributed by atoms with Crippen LogP contribution in [0, 0.1) is 0 Å². The van der Waals surface area contributed by atoms with Crippen LogP contribution in [-0.4, -0.2) is 20.0 Å². The zero-order chi connectivity index (χ0) is 15.2. The number of ketones is 1. The molecule has 4 nitrogen and oxygen atoms in total. The lowest BCUT2D eigenvalue weighted by atomic mass is 10.1. The van der Waals surface area contributed by atoms with Gasteiger partial charge in [0.15, 0.2) is 17.3 Å². The van der Waals surface area contributed by atoms with Gasteiger partial charge in [0.1, 0.15) is 12.4 Å². The first-order valence-electron chi connectivity index (χ1n) is 6.59. The van der Waals surface area contributed by atoms with Crippen LogP contribution in [0.5, 0.6) is 17.2 Å². The number of ether oxygens (including phenoxy) is 3. The Balaban J connectivity index is 2.22. The SMILES string of the molecule is COc1ccc(C(C)=O)cc1COc1ccccc1OC. The van der Waals surface area contributed by atoms with Gasteiger partial charge in [-0.2, -0.15) is 0 Å². The Kier molecular flexibility index (Phi) is 4.82. The summed E-state index contributed by atoms with van der Waals surface area (Å²) in [6.45, 7) is 1.83. The largest absolute Gasteiger partial charge is 0.496 e. The second-order valence-electron chi connectivity index (χ2n) is 4.52. The molecule has 0 saturated heterocycles. The van der Waals surface area contributed by atoms with E-state index in [0.29, 0.717) is 29.4 Å². The van der Waals surface area contributed by atoms with Crippen molar-refractivity contribution in [2.45, 2.75) is 13.5 Å². The number of hydrogen-bond donors (Lipinski definition) is 0. The minimum absolute atomic E-state index is 0.0104. The highest BCUT2D eigenvalue weighted by Gasteiger charge is 2.09. The first-order chi connectivity index (χ1) is 10.2.